The van der Waals surface area contributed by atoms with Crippen molar-refractivity contribution in [3.63, 3.8) is 0 Å². The van der Waals surface area contributed by atoms with Gasteiger partial charge in [0.1, 0.15) is 11.9 Å². The third-order valence-corrected chi connectivity index (χ3v) is 7.87. The number of fused-ring (bicyclic) bond motifs is 1. The molecule has 3 aromatic rings. The summed E-state index contributed by atoms with van der Waals surface area (Å²) in [5, 5.41) is 31.0. The minimum Gasteiger partial charge on any atom is -0.394 e. The summed E-state index contributed by atoms with van der Waals surface area (Å²) in [5.74, 6) is 1.16. The number of nitriles is 1. The van der Waals surface area contributed by atoms with E-state index in [0.29, 0.717) is 47.3 Å². The first-order chi connectivity index (χ1) is 17.9. The van der Waals surface area contributed by atoms with Crippen molar-refractivity contribution in [3.8, 4) is 6.07 Å². The fraction of sp³-hybridized carbons (Fsp3) is 0.385. The minimum atomic E-state index is -0.571. The lowest BCUT2D eigenvalue weighted by atomic mass is 9.74. The monoisotopic (exact) mass is 517 g/mol. The van der Waals surface area contributed by atoms with Crippen molar-refractivity contribution < 1.29 is 14.7 Å². The Balaban J connectivity index is 1.08. The van der Waals surface area contributed by atoms with Crippen molar-refractivity contribution in [3.05, 3.63) is 70.1 Å². The number of carbonyl (C=O) groups is 2. The van der Waals surface area contributed by atoms with Crippen molar-refractivity contribution in [2.75, 3.05) is 18.1 Å². The Morgan fingerprint density at radius 3 is 2.78 bits per heavy atom. The summed E-state index contributed by atoms with van der Waals surface area (Å²) < 4.78 is 1.44. The van der Waals surface area contributed by atoms with Crippen LogP contribution in [0.15, 0.2) is 42.7 Å². The van der Waals surface area contributed by atoms with Crippen LogP contribution >= 0.6 is 11.6 Å². The average Bonchev–Trinajstić information content (AvgIpc) is 3.35. The summed E-state index contributed by atoms with van der Waals surface area (Å²) in [7, 11) is 0. The van der Waals surface area contributed by atoms with Crippen LogP contribution in [0.2, 0.25) is 5.02 Å². The van der Waals surface area contributed by atoms with Crippen molar-refractivity contribution in [1.82, 2.24) is 25.3 Å². The lowest BCUT2D eigenvalue weighted by molar-refractivity contribution is -0.118. The average molecular weight is 518 g/mol. The van der Waals surface area contributed by atoms with Crippen LogP contribution in [-0.4, -0.2) is 56.1 Å². The summed E-state index contributed by atoms with van der Waals surface area (Å²) in [5.41, 5.74) is 2.34. The number of nitrogens with one attached hydrogen (secondary N) is 1. The predicted octanol–water partition coefficient (Wildman–Crippen LogP) is 2.44. The van der Waals surface area contributed by atoms with E-state index >= 15 is 0 Å². The van der Waals surface area contributed by atoms with Crippen LogP contribution in [-0.2, 0) is 4.79 Å². The van der Waals surface area contributed by atoms with Gasteiger partial charge < -0.3 is 10.4 Å². The molecule has 2 N–H and O–H groups in total. The van der Waals surface area contributed by atoms with E-state index in [4.69, 9.17) is 11.6 Å². The zero-order valence-electron chi connectivity index (χ0n) is 19.8. The van der Waals surface area contributed by atoms with Gasteiger partial charge in [0.2, 0.25) is 5.91 Å². The molecule has 0 spiro atoms. The topological polar surface area (TPSA) is 137 Å². The molecule has 1 aliphatic heterocycles. The number of carbonyl (C=O) groups excluding carboxylic acids is 2. The molecule has 6 rings (SSSR count). The van der Waals surface area contributed by atoms with E-state index < -0.39 is 6.04 Å². The third-order valence-electron chi connectivity index (χ3n) is 7.64. The van der Waals surface area contributed by atoms with Gasteiger partial charge in [-0.1, -0.05) is 22.9 Å². The van der Waals surface area contributed by atoms with E-state index in [0.717, 1.165) is 12.0 Å². The maximum absolute atomic E-state index is 12.8. The second-order valence-corrected chi connectivity index (χ2v) is 10.4. The second kappa shape index (κ2) is 9.25. The Bertz CT molecular complexity index is 1410. The van der Waals surface area contributed by atoms with Gasteiger partial charge in [-0.3, -0.25) is 14.5 Å². The lowest BCUT2D eigenvalue weighted by Gasteiger charge is -2.36. The van der Waals surface area contributed by atoms with Gasteiger partial charge >= 0.3 is 0 Å². The highest BCUT2D eigenvalue weighted by Crippen LogP contribution is 2.47. The molecule has 188 valence electrons. The van der Waals surface area contributed by atoms with Gasteiger partial charge in [0.15, 0.2) is 5.69 Å². The molecule has 1 saturated heterocycles. The molecule has 2 saturated carbocycles. The first-order valence-corrected chi connectivity index (χ1v) is 12.6. The molecule has 0 radical (unpaired) electrons. The minimum absolute atomic E-state index is 0.0436. The Hall–Kier alpha value is -3.81. The number of anilines is 1. The van der Waals surface area contributed by atoms with E-state index in [1.54, 1.807) is 29.3 Å². The standard InChI is InChI=1S/C26H24ClN7O3/c27-18-3-1-14(9-28)20(8-18)16-5-19(6-16)30-25(36)22-12-34(32-31-22)23(13-35)15-2-4-24(29-10-15)33-11-17-7-21(17)26(33)37/h1-4,8,10,12,16-17,19,21,23,35H,5-7,11,13H2,(H,30,36)/t16-,17-,19+,21-,23+/m1/s1. The van der Waals surface area contributed by atoms with Gasteiger partial charge in [0.05, 0.1) is 24.4 Å². The maximum atomic E-state index is 12.8. The predicted molar refractivity (Wildman–Crippen MR) is 133 cm³/mol. The number of aliphatic hydroxyl groups excluding tert-OH is 1. The molecule has 3 atom stereocenters. The summed E-state index contributed by atoms with van der Waals surface area (Å²) in [4.78, 5) is 31.2. The highest BCUT2D eigenvalue weighted by molar-refractivity contribution is 6.30. The van der Waals surface area contributed by atoms with E-state index in [-0.39, 0.29) is 42.0 Å². The molecule has 0 unspecified atom stereocenters. The van der Waals surface area contributed by atoms with Crippen LogP contribution in [0.1, 0.15) is 58.4 Å². The van der Waals surface area contributed by atoms with Crippen molar-refractivity contribution >= 4 is 29.2 Å². The molecular formula is C26H24ClN7O3. The highest BCUT2D eigenvalue weighted by Gasteiger charge is 2.52. The fourth-order valence-electron chi connectivity index (χ4n) is 5.33. The summed E-state index contributed by atoms with van der Waals surface area (Å²) in [6.45, 7) is 0.449. The smallest absolute Gasteiger partial charge is 0.273 e. The van der Waals surface area contributed by atoms with Gasteiger partial charge in [0.25, 0.3) is 5.91 Å². The van der Waals surface area contributed by atoms with Gasteiger partial charge in [-0.15, -0.1) is 5.10 Å². The van der Waals surface area contributed by atoms with E-state index in [2.05, 4.69) is 26.7 Å². The largest absolute Gasteiger partial charge is 0.394 e. The van der Waals surface area contributed by atoms with Crippen molar-refractivity contribution in [2.45, 2.75) is 37.3 Å². The molecule has 3 aliphatic rings. The quantitative estimate of drug-likeness (QED) is 0.491. The Kier molecular flexibility index (Phi) is 5.89. The molecule has 2 amide bonds. The SMILES string of the molecule is N#Cc1ccc(Cl)cc1[C@H]1C[C@@H](NC(=O)c2cn([C@@H](CO)c3ccc(N4C[C@H]5C[C@H]5C4=O)nc3)nn2)C1. The molecule has 10 nitrogen and oxygen atoms in total. The number of aromatic nitrogens is 4. The highest BCUT2D eigenvalue weighted by atomic mass is 35.5. The van der Waals surface area contributed by atoms with Crippen LogP contribution in [0, 0.1) is 23.2 Å². The van der Waals surface area contributed by atoms with Crippen LogP contribution < -0.4 is 10.2 Å². The molecule has 3 heterocycles. The fourth-order valence-corrected chi connectivity index (χ4v) is 5.51. The Morgan fingerprint density at radius 2 is 2.11 bits per heavy atom. The van der Waals surface area contributed by atoms with Crippen LogP contribution in [0.4, 0.5) is 5.82 Å². The normalized spacial score (nSPS) is 24.7. The van der Waals surface area contributed by atoms with Gasteiger partial charge in [-0.25, -0.2) is 9.67 Å². The van der Waals surface area contributed by atoms with Crippen LogP contribution in [0.5, 0.6) is 0 Å². The Morgan fingerprint density at radius 1 is 1.27 bits per heavy atom. The summed E-state index contributed by atoms with van der Waals surface area (Å²) in [6, 6.07) is 10.4. The number of benzene rings is 1. The summed E-state index contributed by atoms with van der Waals surface area (Å²) in [6.07, 6.45) is 5.51. The zero-order chi connectivity index (χ0) is 25.7. The molecule has 11 heteroatoms. The Labute approximate surface area is 217 Å². The zero-order valence-corrected chi connectivity index (χ0v) is 20.5. The number of amides is 2. The van der Waals surface area contributed by atoms with Gasteiger partial charge in [-0.2, -0.15) is 5.26 Å². The number of halogens is 1. The first kappa shape index (κ1) is 23.6. The lowest BCUT2D eigenvalue weighted by Crippen LogP contribution is -2.43. The van der Waals surface area contributed by atoms with Crippen LogP contribution in [0.3, 0.4) is 0 Å². The maximum Gasteiger partial charge on any atom is 0.273 e. The summed E-state index contributed by atoms with van der Waals surface area (Å²) >= 11 is 6.10. The van der Waals surface area contributed by atoms with Gasteiger partial charge in [-0.05, 0) is 66.5 Å². The number of rotatable bonds is 7. The molecule has 2 aliphatic carbocycles. The third kappa shape index (κ3) is 4.34. The number of hydrogen-bond acceptors (Lipinski definition) is 7. The molecular weight excluding hydrogens is 494 g/mol. The number of pyridine rings is 1. The number of aliphatic hydroxyl groups is 1. The molecule has 3 fully saturated rings. The van der Waals surface area contributed by atoms with E-state index in [1.807, 2.05) is 12.1 Å². The number of piperidine rings is 1. The van der Waals surface area contributed by atoms with Crippen LogP contribution in [0.25, 0.3) is 0 Å². The molecule has 2 aromatic heterocycles. The molecule has 0 bridgehead atoms. The van der Waals surface area contributed by atoms with Gasteiger partial charge in [0, 0.05) is 29.7 Å². The van der Waals surface area contributed by atoms with Crippen molar-refractivity contribution in [2.24, 2.45) is 11.8 Å². The van der Waals surface area contributed by atoms with E-state index in [9.17, 15) is 20.0 Å². The number of hydrogen-bond donors (Lipinski definition) is 2. The second-order valence-electron chi connectivity index (χ2n) is 9.97. The molecule has 37 heavy (non-hydrogen) atoms. The number of nitrogens with zero attached hydrogens (tertiary/aromatic N) is 6. The van der Waals surface area contributed by atoms with E-state index in [1.165, 1.54) is 10.9 Å². The first-order valence-electron chi connectivity index (χ1n) is 12.3. The molecule has 1 aromatic carbocycles. The van der Waals surface area contributed by atoms with Crippen molar-refractivity contribution in [1.29, 1.82) is 5.26 Å².